The van der Waals surface area contributed by atoms with E-state index in [4.69, 9.17) is 4.98 Å². The summed E-state index contributed by atoms with van der Waals surface area (Å²) in [5, 5.41) is 7.67. The fourth-order valence-corrected chi connectivity index (χ4v) is 3.44. The first-order valence-corrected chi connectivity index (χ1v) is 9.40. The monoisotopic (exact) mass is 377 g/mol. The van der Waals surface area contributed by atoms with E-state index in [1.807, 2.05) is 23.6 Å². The van der Waals surface area contributed by atoms with Gasteiger partial charge in [-0.3, -0.25) is 14.3 Å². The number of hydrogen-bond donors (Lipinski definition) is 1. The second-order valence-electron chi connectivity index (χ2n) is 6.83. The molecule has 1 N–H and O–H groups in total. The first kappa shape index (κ1) is 18.2. The standard InChI is InChI=1S/C20H23N7O/c1-3-4-9-26-18-17(24-20(26)25-10-7-21-8-11-25)13-23-27(19(18)28)14-16-12-15(2)5-6-22-16/h5-6,12-13,21H,7-11,14H2,1-2H3. The van der Waals surface area contributed by atoms with Crippen molar-refractivity contribution in [2.75, 3.05) is 31.1 Å². The third-order valence-corrected chi connectivity index (χ3v) is 4.83. The molecule has 0 unspecified atom stereocenters. The number of aromatic nitrogens is 5. The van der Waals surface area contributed by atoms with Crippen LogP contribution in [-0.2, 0) is 13.1 Å². The molecule has 3 aromatic rings. The molecule has 0 amide bonds. The van der Waals surface area contributed by atoms with Gasteiger partial charge in [0.25, 0.3) is 5.56 Å². The highest BCUT2D eigenvalue weighted by Crippen LogP contribution is 2.20. The molecule has 0 bridgehead atoms. The van der Waals surface area contributed by atoms with E-state index < -0.39 is 0 Å². The minimum Gasteiger partial charge on any atom is -0.340 e. The van der Waals surface area contributed by atoms with Crippen molar-refractivity contribution >= 4 is 17.0 Å². The number of aryl methyl sites for hydroxylation is 1. The molecular formula is C20H23N7O. The number of anilines is 1. The van der Waals surface area contributed by atoms with Gasteiger partial charge in [-0.2, -0.15) is 5.10 Å². The molecule has 4 rings (SSSR count). The van der Waals surface area contributed by atoms with Crippen LogP contribution in [0, 0.1) is 18.8 Å². The van der Waals surface area contributed by atoms with Gasteiger partial charge in [-0.05, 0) is 31.5 Å². The van der Waals surface area contributed by atoms with Crippen molar-refractivity contribution in [3.8, 4) is 11.8 Å². The highest BCUT2D eigenvalue weighted by Gasteiger charge is 2.21. The fraction of sp³-hybridized carbons (Fsp3) is 0.400. The Labute approximate surface area is 163 Å². The molecule has 0 spiro atoms. The maximum atomic E-state index is 13.2. The van der Waals surface area contributed by atoms with E-state index in [9.17, 15) is 4.79 Å². The topological polar surface area (TPSA) is 80.9 Å². The van der Waals surface area contributed by atoms with E-state index in [0.717, 1.165) is 43.4 Å². The molecule has 144 valence electrons. The van der Waals surface area contributed by atoms with E-state index in [2.05, 4.69) is 32.1 Å². The molecule has 0 atom stereocenters. The van der Waals surface area contributed by atoms with Gasteiger partial charge in [0.15, 0.2) is 0 Å². The number of nitrogens with zero attached hydrogens (tertiary/aromatic N) is 6. The normalized spacial score (nSPS) is 14.1. The summed E-state index contributed by atoms with van der Waals surface area (Å²) in [5.74, 6) is 6.77. The second kappa shape index (κ2) is 7.82. The second-order valence-corrected chi connectivity index (χ2v) is 6.83. The Morgan fingerprint density at radius 2 is 2.11 bits per heavy atom. The van der Waals surface area contributed by atoms with Gasteiger partial charge in [-0.25, -0.2) is 9.67 Å². The van der Waals surface area contributed by atoms with E-state index in [0.29, 0.717) is 24.1 Å². The average Bonchev–Trinajstić information content (AvgIpc) is 3.08. The summed E-state index contributed by atoms with van der Waals surface area (Å²) < 4.78 is 3.37. The van der Waals surface area contributed by atoms with E-state index in [1.54, 1.807) is 19.3 Å². The zero-order valence-electron chi connectivity index (χ0n) is 16.1. The van der Waals surface area contributed by atoms with Crippen molar-refractivity contribution in [3.63, 3.8) is 0 Å². The Bertz CT molecular complexity index is 1110. The van der Waals surface area contributed by atoms with Crippen LogP contribution in [0.3, 0.4) is 0 Å². The molecule has 1 fully saturated rings. The lowest BCUT2D eigenvalue weighted by Gasteiger charge is -2.28. The predicted molar refractivity (Wildman–Crippen MR) is 108 cm³/mol. The SMILES string of the molecule is CC#CCn1c(N2CCNCC2)nc2cnn(Cc3cc(C)ccn3)c(=O)c21. The molecule has 1 aliphatic heterocycles. The highest BCUT2D eigenvalue weighted by molar-refractivity contribution is 5.77. The number of fused-ring (bicyclic) bond motifs is 1. The summed E-state index contributed by atoms with van der Waals surface area (Å²) >= 11 is 0. The number of nitrogens with one attached hydrogen (secondary N) is 1. The molecule has 0 aliphatic carbocycles. The highest BCUT2D eigenvalue weighted by atomic mass is 16.1. The molecule has 28 heavy (non-hydrogen) atoms. The molecule has 0 radical (unpaired) electrons. The van der Waals surface area contributed by atoms with Gasteiger partial charge in [-0.15, -0.1) is 5.92 Å². The van der Waals surface area contributed by atoms with E-state index >= 15 is 0 Å². The Morgan fingerprint density at radius 3 is 2.86 bits per heavy atom. The smallest absolute Gasteiger partial charge is 0.293 e. The molecule has 1 aliphatic rings. The summed E-state index contributed by atoms with van der Waals surface area (Å²) in [6, 6.07) is 3.89. The van der Waals surface area contributed by atoms with Crippen LogP contribution in [0.5, 0.6) is 0 Å². The van der Waals surface area contributed by atoms with Crippen molar-refractivity contribution in [2.24, 2.45) is 0 Å². The van der Waals surface area contributed by atoms with Crippen molar-refractivity contribution < 1.29 is 0 Å². The van der Waals surface area contributed by atoms with Gasteiger partial charge >= 0.3 is 0 Å². The van der Waals surface area contributed by atoms with Gasteiger partial charge in [0.05, 0.1) is 25.0 Å². The third kappa shape index (κ3) is 3.49. The number of imidazole rings is 1. The Hall–Kier alpha value is -3.18. The van der Waals surface area contributed by atoms with Crippen LogP contribution in [-0.4, -0.2) is 50.5 Å². The van der Waals surface area contributed by atoms with Crippen LogP contribution in [0.4, 0.5) is 5.95 Å². The molecular weight excluding hydrogens is 354 g/mol. The summed E-state index contributed by atoms with van der Waals surface area (Å²) in [6.07, 6.45) is 3.41. The minimum atomic E-state index is -0.174. The molecule has 8 nitrogen and oxygen atoms in total. The van der Waals surface area contributed by atoms with Crippen molar-refractivity contribution in [2.45, 2.75) is 26.9 Å². The molecule has 1 saturated heterocycles. The van der Waals surface area contributed by atoms with Crippen LogP contribution in [0.1, 0.15) is 18.2 Å². The molecule has 0 saturated carbocycles. The zero-order chi connectivity index (χ0) is 19.5. The Balaban J connectivity index is 1.81. The van der Waals surface area contributed by atoms with Gasteiger partial charge < -0.3 is 10.2 Å². The van der Waals surface area contributed by atoms with Crippen molar-refractivity contribution in [3.05, 3.63) is 46.1 Å². The maximum Gasteiger partial charge on any atom is 0.293 e. The van der Waals surface area contributed by atoms with Gasteiger partial charge in [0, 0.05) is 32.4 Å². The minimum absolute atomic E-state index is 0.174. The summed E-state index contributed by atoms with van der Waals surface area (Å²) in [5.41, 5.74) is 2.87. The van der Waals surface area contributed by atoms with Crippen LogP contribution < -0.4 is 15.8 Å². The van der Waals surface area contributed by atoms with Gasteiger partial charge in [-0.1, -0.05) is 5.92 Å². The molecule has 3 aromatic heterocycles. The first-order valence-electron chi connectivity index (χ1n) is 9.40. The number of pyridine rings is 1. The lowest BCUT2D eigenvalue weighted by molar-refractivity contribution is 0.572. The van der Waals surface area contributed by atoms with Crippen LogP contribution in [0.25, 0.3) is 11.0 Å². The van der Waals surface area contributed by atoms with E-state index in [-0.39, 0.29) is 5.56 Å². The first-order chi connectivity index (χ1) is 13.7. The lowest BCUT2D eigenvalue weighted by atomic mass is 10.2. The van der Waals surface area contributed by atoms with Gasteiger partial charge in [0.2, 0.25) is 5.95 Å². The molecule has 8 heteroatoms. The van der Waals surface area contributed by atoms with E-state index in [1.165, 1.54) is 4.68 Å². The number of rotatable bonds is 4. The third-order valence-electron chi connectivity index (χ3n) is 4.83. The maximum absolute atomic E-state index is 13.2. The summed E-state index contributed by atoms with van der Waals surface area (Å²) in [6.45, 7) is 8.03. The van der Waals surface area contributed by atoms with Crippen molar-refractivity contribution in [1.82, 2.24) is 29.6 Å². The fourth-order valence-electron chi connectivity index (χ4n) is 3.44. The average molecular weight is 377 g/mol. The molecule has 4 heterocycles. The largest absolute Gasteiger partial charge is 0.340 e. The predicted octanol–water partition coefficient (Wildman–Crippen LogP) is 0.778. The number of piperazine rings is 1. The number of hydrogen-bond acceptors (Lipinski definition) is 6. The summed E-state index contributed by atoms with van der Waals surface area (Å²) in [7, 11) is 0. The Morgan fingerprint density at radius 1 is 1.29 bits per heavy atom. The molecule has 0 aromatic carbocycles. The van der Waals surface area contributed by atoms with Gasteiger partial charge in [0.1, 0.15) is 11.0 Å². The van der Waals surface area contributed by atoms with Crippen LogP contribution >= 0.6 is 0 Å². The summed E-state index contributed by atoms with van der Waals surface area (Å²) in [4.78, 5) is 24.5. The van der Waals surface area contributed by atoms with Crippen LogP contribution in [0.15, 0.2) is 29.3 Å². The Kier molecular flexibility index (Phi) is 5.08. The quantitative estimate of drug-likeness (QED) is 0.677. The van der Waals surface area contributed by atoms with Crippen molar-refractivity contribution in [1.29, 1.82) is 0 Å². The lowest BCUT2D eigenvalue weighted by Crippen LogP contribution is -2.44. The zero-order valence-corrected chi connectivity index (χ0v) is 16.1. The van der Waals surface area contributed by atoms with Crippen LogP contribution in [0.2, 0.25) is 0 Å².